The minimum atomic E-state index is -0.136. The highest BCUT2D eigenvalue weighted by Crippen LogP contribution is 2.53. The van der Waals surface area contributed by atoms with Gasteiger partial charge in [-0.25, -0.2) is 0 Å². The highest BCUT2D eigenvalue weighted by molar-refractivity contribution is 6.11. The predicted molar refractivity (Wildman–Crippen MR) is 148 cm³/mol. The van der Waals surface area contributed by atoms with Crippen LogP contribution in [-0.4, -0.2) is 4.57 Å². The second-order valence-corrected chi connectivity index (χ2v) is 9.89. The number of hydrogen-bond acceptors (Lipinski definition) is 1. The summed E-state index contributed by atoms with van der Waals surface area (Å²) in [5, 5.41) is 2.55. The van der Waals surface area contributed by atoms with Crippen LogP contribution in [0.15, 0.2) is 121 Å². The van der Waals surface area contributed by atoms with E-state index < -0.39 is 0 Å². The van der Waals surface area contributed by atoms with Gasteiger partial charge in [0.15, 0.2) is 0 Å². The number of para-hydroxylation sites is 4. The van der Waals surface area contributed by atoms with Crippen LogP contribution in [0.25, 0.3) is 27.5 Å². The van der Waals surface area contributed by atoms with Crippen LogP contribution in [0.4, 0.5) is 17.1 Å². The van der Waals surface area contributed by atoms with Crippen molar-refractivity contribution in [3.05, 3.63) is 132 Å². The van der Waals surface area contributed by atoms with Crippen molar-refractivity contribution in [2.75, 3.05) is 4.90 Å². The van der Waals surface area contributed by atoms with E-state index in [1.807, 2.05) is 0 Å². The number of rotatable bonds is 2. The van der Waals surface area contributed by atoms with Gasteiger partial charge in [-0.2, -0.15) is 0 Å². The summed E-state index contributed by atoms with van der Waals surface area (Å²) in [5.41, 5.74) is 9.91. The van der Waals surface area contributed by atoms with Crippen molar-refractivity contribution in [3.63, 3.8) is 0 Å². The van der Waals surface area contributed by atoms with Crippen LogP contribution in [-0.2, 0) is 5.41 Å². The van der Waals surface area contributed by atoms with E-state index in [9.17, 15) is 0 Å². The van der Waals surface area contributed by atoms with Crippen molar-refractivity contribution in [1.82, 2.24) is 4.57 Å². The molecule has 1 aliphatic rings. The zero-order valence-electron chi connectivity index (χ0n) is 19.9. The van der Waals surface area contributed by atoms with E-state index >= 15 is 0 Å². The number of benzene rings is 5. The quantitative estimate of drug-likeness (QED) is 0.256. The Balaban J connectivity index is 1.63. The fourth-order valence-corrected chi connectivity index (χ4v) is 5.87. The molecule has 0 bridgehead atoms. The van der Waals surface area contributed by atoms with E-state index in [0.717, 1.165) is 0 Å². The minimum absolute atomic E-state index is 0.136. The summed E-state index contributed by atoms with van der Waals surface area (Å²) in [4.78, 5) is 2.43. The lowest BCUT2D eigenvalue weighted by atomic mass is 9.73. The van der Waals surface area contributed by atoms with E-state index in [-0.39, 0.29) is 5.41 Å². The third-order valence-corrected chi connectivity index (χ3v) is 7.55. The van der Waals surface area contributed by atoms with Gasteiger partial charge >= 0.3 is 0 Å². The Morgan fingerprint density at radius 3 is 1.89 bits per heavy atom. The Labute approximate surface area is 205 Å². The lowest BCUT2D eigenvalue weighted by molar-refractivity contribution is 0.632. The Morgan fingerprint density at radius 2 is 1.11 bits per heavy atom. The molecule has 1 aromatic heterocycles. The van der Waals surface area contributed by atoms with E-state index in [1.165, 1.54) is 55.7 Å². The molecule has 2 nitrogen and oxygen atoms in total. The Hall–Kier alpha value is -4.30. The molecule has 1 aliphatic heterocycles. The molecular formula is C33H26N2. The smallest absolute Gasteiger partial charge is 0.0545 e. The van der Waals surface area contributed by atoms with Gasteiger partial charge < -0.3 is 9.47 Å². The van der Waals surface area contributed by atoms with E-state index in [0.29, 0.717) is 0 Å². The Bertz CT molecular complexity index is 1710. The number of aromatic nitrogens is 1. The lowest BCUT2D eigenvalue weighted by Crippen LogP contribution is -2.30. The van der Waals surface area contributed by atoms with Crippen molar-refractivity contribution in [2.45, 2.75) is 19.3 Å². The SMILES string of the molecule is CC1(C)c2ccccc2N(c2ccccc2)c2cc3c4ccccc4n(-c4ccccc4)c3cc21. The molecule has 0 amide bonds. The molecule has 0 aliphatic carbocycles. The largest absolute Gasteiger partial charge is 0.310 e. The molecule has 0 radical (unpaired) electrons. The molecule has 0 spiro atoms. The maximum atomic E-state index is 2.43. The zero-order valence-corrected chi connectivity index (χ0v) is 19.9. The molecule has 0 N–H and O–H groups in total. The average Bonchev–Trinajstić information content (AvgIpc) is 3.23. The molecule has 0 saturated carbocycles. The molecule has 35 heavy (non-hydrogen) atoms. The Morgan fingerprint density at radius 1 is 0.486 bits per heavy atom. The molecule has 0 atom stereocenters. The van der Waals surface area contributed by atoms with Gasteiger partial charge in [-0.3, -0.25) is 0 Å². The van der Waals surface area contributed by atoms with Crippen LogP contribution < -0.4 is 4.90 Å². The minimum Gasteiger partial charge on any atom is -0.310 e. The molecule has 5 aromatic carbocycles. The highest BCUT2D eigenvalue weighted by Gasteiger charge is 2.37. The molecular weight excluding hydrogens is 424 g/mol. The summed E-state index contributed by atoms with van der Waals surface area (Å²) < 4.78 is 2.41. The fraction of sp³-hybridized carbons (Fsp3) is 0.0909. The molecule has 2 heteroatoms. The monoisotopic (exact) mass is 450 g/mol. The van der Waals surface area contributed by atoms with Gasteiger partial charge in [0.05, 0.1) is 22.4 Å². The normalized spacial score (nSPS) is 14.2. The zero-order chi connectivity index (χ0) is 23.6. The van der Waals surface area contributed by atoms with Crippen LogP contribution in [0.2, 0.25) is 0 Å². The summed E-state index contributed by atoms with van der Waals surface area (Å²) in [6.07, 6.45) is 0. The fourth-order valence-electron chi connectivity index (χ4n) is 5.87. The first-order valence-electron chi connectivity index (χ1n) is 12.2. The van der Waals surface area contributed by atoms with Gasteiger partial charge in [-0.15, -0.1) is 0 Å². The van der Waals surface area contributed by atoms with E-state index in [2.05, 4.69) is 145 Å². The third-order valence-electron chi connectivity index (χ3n) is 7.55. The van der Waals surface area contributed by atoms with Crippen LogP contribution in [0.3, 0.4) is 0 Å². The van der Waals surface area contributed by atoms with Crippen LogP contribution >= 0.6 is 0 Å². The van der Waals surface area contributed by atoms with Crippen LogP contribution in [0.5, 0.6) is 0 Å². The van der Waals surface area contributed by atoms with Crippen LogP contribution in [0.1, 0.15) is 25.0 Å². The van der Waals surface area contributed by atoms with Gasteiger partial charge in [-0.05, 0) is 59.7 Å². The third kappa shape index (κ3) is 2.83. The summed E-state index contributed by atoms with van der Waals surface area (Å²) in [6, 6.07) is 43.9. The Kier molecular flexibility index (Phi) is 4.22. The van der Waals surface area contributed by atoms with Crippen molar-refractivity contribution in [2.24, 2.45) is 0 Å². The molecule has 7 rings (SSSR count). The number of hydrogen-bond donors (Lipinski definition) is 0. The van der Waals surface area contributed by atoms with Gasteiger partial charge in [0, 0.05) is 27.6 Å². The average molecular weight is 451 g/mol. The summed E-state index contributed by atoms with van der Waals surface area (Å²) in [6.45, 7) is 4.71. The maximum absolute atomic E-state index is 2.43. The first-order chi connectivity index (χ1) is 17.1. The highest BCUT2D eigenvalue weighted by atomic mass is 15.2. The van der Waals surface area contributed by atoms with Crippen molar-refractivity contribution >= 4 is 38.9 Å². The first kappa shape index (κ1) is 20.1. The maximum Gasteiger partial charge on any atom is 0.0545 e. The second-order valence-electron chi connectivity index (χ2n) is 9.89. The summed E-state index contributed by atoms with van der Waals surface area (Å²) >= 11 is 0. The van der Waals surface area contributed by atoms with Crippen molar-refractivity contribution in [3.8, 4) is 5.69 Å². The number of nitrogens with zero attached hydrogens (tertiary/aromatic N) is 2. The number of fused-ring (bicyclic) bond motifs is 5. The standard InChI is InChI=1S/C33H26N2/c1-33(2)27-18-10-12-20-30(27)35(24-15-7-4-8-16-24)32-21-26-25-17-9-11-19-29(25)34(31(26)22-28(32)33)23-13-5-3-6-14-23/h3-22H,1-2H3. The van der Waals surface area contributed by atoms with Gasteiger partial charge in [0.1, 0.15) is 0 Å². The molecule has 168 valence electrons. The molecule has 0 saturated heterocycles. The molecule has 6 aromatic rings. The van der Waals surface area contributed by atoms with Crippen LogP contribution in [0, 0.1) is 0 Å². The first-order valence-corrected chi connectivity index (χ1v) is 12.2. The van der Waals surface area contributed by atoms with Gasteiger partial charge in [0.25, 0.3) is 0 Å². The van der Waals surface area contributed by atoms with Crippen molar-refractivity contribution < 1.29 is 0 Å². The van der Waals surface area contributed by atoms with Gasteiger partial charge in [-0.1, -0.05) is 86.6 Å². The molecule has 0 unspecified atom stereocenters. The summed E-state index contributed by atoms with van der Waals surface area (Å²) in [5.74, 6) is 0. The van der Waals surface area contributed by atoms with E-state index in [4.69, 9.17) is 0 Å². The van der Waals surface area contributed by atoms with Gasteiger partial charge in [0.2, 0.25) is 0 Å². The topological polar surface area (TPSA) is 8.17 Å². The summed E-state index contributed by atoms with van der Waals surface area (Å²) in [7, 11) is 0. The van der Waals surface area contributed by atoms with Crippen molar-refractivity contribution in [1.29, 1.82) is 0 Å². The number of anilines is 3. The van der Waals surface area contributed by atoms with E-state index in [1.54, 1.807) is 0 Å². The molecule has 2 heterocycles. The second kappa shape index (κ2) is 7.35. The predicted octanol–water partition coefficient (Wildman–Crippen LogP) is 8.89. The lowest BCUT2D eigenvalue weighted by Gasteiger charge is -2.42. The molecule has 0 fully saturated rings.